The highest BCUT2D eigenvalue weighted by Gasteiger charge is 2.85. The molecule has 3 aliphatic heterocycles. The van der Waals surface area contributed by atoms with Gasteiger partial charge >= 0.3 is 5.97 Å². The Hall–Kier alpha value is -1.62. The van der Waals surface area contributed by atoms with Crippen molar-refractivity contribution in [2.45, 2.75) is 110 Å². The molecule has 9 atom stereocenters. The number of rotatable bonds is 2. The van der Waals surface area contributed by atoms with Crippen molar-refractivity contribution in [3.8, 4) is 0 Å². The zero-order valence-corrected chi connectivity index (χ0v) is 22.1. The SMILES string of the molecule is CC1(C)O[C@@H]1[C@@H]1CC([C@@H]2CC[C@]34C[C@]23CC[C@@H]2[C@@]3(C)C=CC(=O)OC(C)(C)[C@@H]3CC(=O)[C@]24C)=CO1. The molecule has 7 rings (SSSR count). The van der Waals surface area contributed by atoms with E-state index < -0.39 is 5.60 Å². The number of ketones is 1. The zero-order chi connectivity index (χ0) is 24.8. The summed E-state index contributed by atoms with van der Waals surface area (Å²) in [6, 6.07) is 0. The van der Waals surface area contributed by atoms with Gasteiger partial charge in [0.05, 0.1) is 11.9 Å². The normalized spacial score (nSPS) is 54.3. The summed E-state index contributed by atoms with van der Waals surface area (Å²) in [5.41, 5.74) is 0.488. The summed E-state index contributed by atoms with van der Waals surface area (Å²) in [6.07, 6.45) is 13.3. The topological polar surface area (TPSA) is 65.1 Å². The molecule has 0 aromatic carbocycles. The van der Waals surface area contributed by atoms with Crippen molar-refractivity contribution in [3.05, 3.63) is 24.0 Å². The first kappa shape index (κ1) is 22.6. The molecule has 5 heteroatoms. The average molecular weight is 481 g/mol. The van der Waals surface area contributed by atoms with Gasteiger partial charge in [0.15, 0.2) is 0 Å². The van der Waals surface area contributed by atoms with Crippen LogP contribution in [0, 0.1) is 39.4 Å². The molecular weight excluding hydrogens is 440 g/mol. The molecule has 0 N–H and O–H groups in total. The van der Waals surface area contributed by atoms with Crippen LogP contribution in [-0.2, 0) is 23.8 Å². The van der Waals surface area contributed by atoms with E-state index in [-0.39, 0.29) is 57.3 Å². The highest BCUT2D eigenvalue weighted by Crippen LogP contribution is 2.90. The largest absolute Gasteiger partial charge is 0.495 e. The summed E-state index contributed by atoms with van der Waals surface area (Å²) >= 11 is 0. The van der Waals surface area contributed by atoms with Gasteiger partial charge in [0.2, 0.25) is 0 Å². The van der Waals surface area contributed by atoms with E-state index in [2.05, 4.69) is 40.0 Å². The lowest BCUT2D eigenvalue weighted by molar-refractivity contribution is -0.184. The van der Waals surface area contributed by atoms with Crippen LogP contribution in [0.25, 0.3) is 0 Å². The zero-order valence-electron chi connectivity index (χ0n) is 22.1. The first-order valence-corrected chi connectivity index (χ1v) is 13.8. The Morgan fingerprint density at radius 3 is 2.37 bits per heavy atom. The lowest BCUT2D eigenvalue weighted by atomic mass is 9.41. The number of Topliss-reactive ketones (excluding diaryl/α,β-unsaturated/α-hetero) is 1. The maximum absolute atomic E-state index is 14.2. The Balaban J connectivity index is 1.22. The van der Waals surface area contributed by atoms with Crippen molar-refractivity contribution in [1.82, 2.24) is 0 Å². The summed E-state index contributed by atoms with van der Waals surface area (Å²) in [4.78, 5) is 26.7. The van der Waals surface area contributed by atoms with Crippen LogP contribution in [0.5, 0.6) is 0 Å². The summed E-state index contributed by atoms with van der Waals surface area (Å²) in [5.74, 6) is 0.909. The number of epoxide rings is 1. The van der Waals surface area contributed by atoms with E-state index in [1.54, 1.807) is 6.08 Å². The van der Waals surface area contributed by atoms with E-state index in [9.17, 15) is 9.59 Å². The fourth-order valence-electron chi connectivity index (χ4n) is 10.8. The lowest BCUT2D eigenvalue weighted by Gasteiger charge is -2.61. The lowest BCUT2D eigenvalue weighted by Crippen LogP contribution is -2.62. The number of ether oxygens (including phenoxy) is 3. The van der Waals surface area contributed by atoms with Gasteiger partial charge in [-0.15, -0.1) is 0 Å². The number of esters is 1. The second kappa shape index (κ2) is 6.26. The molecule has 0 radical (unpaired) electrons. The minimum Gasteiger partial charge on any atom is -0.495 e. The van der Waals surface area contributed by atoms with E-state index in [1.807, 2.05) is 13.8 Å². The Bertz CT molecular complexity index is 1100. The summed E-state index contributed by atoms with van der Waals surface area (Å²) in [7, 11) is 0. The molecule has 4 saturated carbocycles. The van der Waals surface area contributed by atoms with Crippen LogP contribution in [0.3, 0.4) is 0 Å². The first-order valence-electron chi connectivity index (χ1n) is 13.8. The van der Waals surface area contributed by atoms with Crippen LogP contribution in [0.4, 0.5) is 0 Å². The van der Waals surface area contributed by atoms with Gasteiger partial charge in [0.25, 0.3) is 0 Å². The second-order valence-corrected chi connectivity index (χ2v) is 14.4. The van der Waals surface area contributed by atoms with E-state index in [0.29, 0.717) is 18.1 Å². The van der Waals surface area contributed by atoms with Crippen LogP contribution in [0.2, 0.25) is 0 Å². The molecule has 190 valence electrons. The maximum Gasteiger partial charge on any atom is 0.330 e. The molecule has 0 aromatic rings. The summed E-state index contributed by atoms with van der Waals surface area (Å²) in [6.45, 7) is 12.9. The highest BCUT2D eigenvalue weighted by atomic mass is 16.6. The number of cyclic esters (lactones) is 1. The van der Waals surface area contributed by atoms with Gasteiger partial charge in [0.1, 0.15) is 23.6 Å². The summed E-state index contributed by atoms with van der Waals surface area (Å²) in [5, 5.41) is 0. The number of carbonyl (C=O) groups excluding carboxylic acids is 2. The average Bonchev–Trinajstić information content (AvgIpc) is 3.48. The molecule has 5 fully saturated rings. The molecule has 0 aromatic heterocycles. The van der Waals surface area contributed by atoms with E-state index in [1.165, 1.54) is 18.4 Å². The molecule has 7 aliphatic rings. The highest BCUT2D eigenvalue weighted by molar-refractivity contribution is 5.90. The predicted octanol–water partition coefficient (Wildman–Crippen LogP) is 5.53. The third-order valence-electron chi connectivity index (χ3n) is 12.5. The third-order valence-corrected chi connectivity index (χ3v) is 12.5. The number of hydrogen-bond donors (Lipinski definition) is 0. The predicted molar refractivity (Wildman–Crippen MR) is 130 cm³/mol. The molecule has 3 heterocycles. The van der Waals surface area contributed by atoms with Crippen LogP contribution >= 0.6 is 0 Å². The van der Waals surface area contributed by atoms with Crippen LogP contribution in [-0.4, -0.2) is 35.2 Å². The van der Waals surface area contributed by atoms with Crippen molar-refractivity contribution in [3.63, 3.8) is 0 Å². The Labute approximate surface area is 209 Å². The molecule has 0 spiro atoms. The van der Waals surface area contributed by atoms with Crippen LogP contribution in [0.15, 0.2) is 24.0 Å². The first-order chi connectivity index (χ1) is 16.3. The van der Waals surface area contributed by atoms with Crippen LogP contribution < -0.4 is 0 Å². The van der Waals surface area contributed by atoms with Crippen molar-refractivity contribution >= 4 is 11.8 Å². The number of fused-ring (bicyclic) bond motifs is 3. The van der Waals surface area contributed by atoms with Gasteiger partial charge in [0, 0.05) is 30.3 Å². The van der Waals surface area contributed by atoms with Gasteiger partial charge in [-0.05, 0) is 93.5 Å². The monoisotopic (exact) mass is 480 g/mol. The van der Waals surface area contributed by atoms with Gasteiger partial charge in [-0.1, -0.05) is 19.9 Å². The van der Waals surface area contributed by atoms with Gasteiger partial charge in [-0.25, -0.2) is 4.79 Å². The molecule has 1 saturated heterocycles. The molecule has 0 unspecified atom stereocenters. The number of allylic oxidation sites excluding steroid dienone is 1. The van der Waals surface area contributed by atoms with E-state index in [4.69, 9.17) is 14.2 Å². The number of carbonyl (C=O) groups is 2. The third kappa shape index (κ3) is 2.50. The Morgan fingerprint density at radius 1 is 0.914 bits per heavy atom. The smallest absolute Gasteiger partial charge is 0.330 e. The molecule has 35 heavy (non-hydrogen) atoms. The molecule has 0 amide bonds. The van der Waals surface area contributed by atoms with Gasteiger partial charge in [-0.2, -0.15) is 0 Å². The minimum absolute atomic E-state index is 0.0109. The van der Waals surface area contributed by atoms with Gasteiger partial charge in [-0.3, -0.25) is 4.79 Å². The Kier molecular flexibility index (Phi) is 4.04. The fourth-order valence-corrected chi connectivity index (χ4v) is 10.8. The van der Waals surface area contributed by atoms with E-state index in [0.717, 1.165) is 25.7 Å². The second-order valence-electron chi connectivity index (χ2n) is 14.4. The Morgan fingerprint density at radius 2 is 1.66 bits per heavy atom. The molecule has 4 aliphatic carbocycles. The standard InChI is InChI=1S/C30H40O5/c1-25(2)21-14-22(31)28(6)20(27(21,5)10-9-23(32)34-25)8-11-29-16-30(28,29)12-7-18(29)17-13-19(33-15-17)24-26(3,4)35-24/h9-10,15,18-21,24H,7-8,11-14,16H2,1-6H3/t18-,19-,20+,21-,24+,27+,28-,29+,30+/m0/s1. The van der Waals surface area contributed by atoms with Crippen molar-refractivity contribution in [2.75, 3.05) is 0 Å². The molecule has 0 bridgehead atoms. The van der Waals surface area contributed by atoms with Crippen LogP contribution in [0.1, 0.15) is 86.5 Å². The van der Waals surface area contributed by atoms with Gasteiger partial charge < -0.3 is 14.2 Å². The minimum atomic E-state index is -0.653. The molecular formula is C30H40O5. The van der Waals surface area contributed by atoms with E-state index >= 15 is 0 Å². The fraction of sp³-hybridized carbons (Fsp3) is 0.800. The van der Waals surface area contributed by atoms with Crippen molar-refractivity contribution in [2.24, 2.45) is 39.4 Å². The quantitative estimate of drug-likeness (QED) is 0.384. The summed E-state index contributed by atoms with van der Waals surface area (Å²) < 4.78 is 17.9. The molecule has 5 nitrogen and oxygen atoms in total. The number of hydrogen-bond acceptors (Lipinski definition) is 5. The van der Waals surface area contributed by atoms with Crippen molar-refractivity contribution in [1.29, 1.82) is 0 Å². The maximum atomic E-state index is 14.2. The van der Waals surface area contributed by atoms with Crippen molar-refractivity contribution < 1.29 is 23.8 Å².